The van der Waals surface area contributed by atoms with Crippen LogP contribution in [0.3, 0.4) is 0 Å². The lowest BCUT2D eigenvalue weighted by Gasteiger charge is -2.21. The summed E-state index contributed by atoms with van der Waals surface area (Å²) < 4.78 is 0. The zero-order chi connectivity index (χ0) is 21.0. The number of fused-ring (bicyclic) bond motifs is 1. The van der Waals surface area contributed by atoms with Crippen molar-refractivity contribution in [1.82, 2.24) is 5.32 Å². The molecule has 6 nitrogen and oxygen atoms in total. The van der Waals surface area contributed by atoms with E-state index in [9.17, 15) is 9.59 Å². The lowest BCUT2D eigenvalue weighted by molar-refractivity contribution is -0.114. The number of carbonyl (C=O) groups excluding carboxylic acids is 2. The van der Waals surface area contributed by atoms with Crippen molar-refractivity contribution in [3.63, 3.8) is 0 Å². The maximum atomic E-state index is 13.1. The first-order valence-corrected chi connectivity index (χ1v) is 9.50. The molecule has 0 spiro atoms. The van der Waals surface area contributed by atoms with Gasteiger partial charge in [0.15, 0.2) is 0 Å². The molecule has 1 atom stereocenters. The monoisotopic (exact) mass is 390 g/mol. The smallest absolute Gasteiger partial charge is 0.253 e. The summed E-state index contributed by atoms with van der Waals surface area (Å²) >= 11 is 0. The van der Waals surface area contributed by atoms with Crippen molar-refractivity contribution >= 4 is 34.0 Å². The first kappa shape index (κ1) is 20.4. The number of anilines is 2. The number of amides is 2. The number of carbonyl (C=O) groups is 2. The van der Waals surface area contributed by atoms with E-state index in [1.807, 2.05) is 56.3 Å². The zero-order valence-electron chi connectivity index (χ0n) is 16.9. The number of benzene rings is 3. The Morgan fingerprint density at radius 1 is 1.03 bits per heavy atom. The van der Waals surface area contributed by atoms with Crippen molar-refractivity contribution in [3.8, 4) is 0 Å². The third kappa shape index (κ3) is 4.55. The summed E-state index contributed by atoms with van der Waals surface area (Å²) in [5.74, 6) is -0.518. The molecule has 0 bridgehead atoms. The van der Waals surface area contributed by atoms with Gasteiger partial charge in [0, 0.05) is 25.5 Å². The third-order valence-corrected chi connectivity index (χ3v) is 4.83. The van der Waals surface area contributed by atoms with Crippen LogP contribution in [0.5, 0.6) is 0 Å². The minimum Gasteiger partial charge on any atom is -0.377 e. The molecule has 3 aromatic carbocycles. The number of nitrogens with zero attached hydrogens (tertiary/aromatic N) is 1. The number of nitrogens with one attached hydrogen (secondary N) is 2. The molecule has 0 aliphatic rings. The van der Waals surface area contributed by atoms with Crippen LogP contribution in [-0.4, -0.2) is 32.5 Å². The van der Waals surface area contributed by atoms with E-state index in [1.54, 1.807) is 12.1 Å². The van der Waals surface area contributed by atoms with E-state index in [2.05, 4.69) is 28.8 Å². The molecule has 0 saturated carbocycles. The fourth-order valence-electron chi connectivity index (χ4n) is 3.38. The number of hydrogen-bond donors (Lipinski definition) is 3. The second-order valence-corrected chi connectivity index (χ2v) is 7.14. The third-order valence-electron chi connectivity index (χ3n) is 4.83. The average molecular weight is 390 g/mol. The minimum atomic E-state index is -0.307. The van der Waals surface area contributed by atoms with E-state index in [-0.39, 0.29) is 24.4 Å². The van der Waals surface area contributed by atoms with Crippen LogP contribution in [0.2, 0.25) is 0 Å². The molecule has 2 amide bonds. The SMILES string of the molecule is C[C@@H](NC(=O)c1cc(NC(=O)CN)ccc1N(C)C)c1cccc2ccccc12. The van der Waals surface area contributed by atoms with Gasteiger partial charge in [0.1, 0.15) is 0 Å². The van der Waals surface area contributed by atoms with Crippen molar-refractivity contribution in [2.24, 2.45) is 5.73 Å². The summed E-state index contributed by atoms with van der Waals surface area (Å²) in [6.07, 6.45) is 0. The van der Waals surface area contributed by atoms with E-state index in [4.69, 9.17) is 5.73 Å². The Hall–Kier alpha value is -3.38. The molecule has 29 heavy (non-hydrogen) atoms. The minimum absolute atomic E-state index is 0.116. The van der Waals surface area contributed by atoms with Gasteiger partial charge in [0.05, 0.1) is 18.2 Å². The summed E-state index contributed by atoms with van der Waals surface area (Å²) in [4.78, 5) is 26.6. The molecule has 150 valence electrons. The second-order valence-electron chi connectivity index (χ2n) is 7.14. The predicted octanol–water partition coefficient (Wildman–Crippen LogP) is 3.29. The van der Waals surface area contributed by atoms with Crippen LogP contribution in [0.15, 0.2) is 60.7 Å². The molecule has 4 N–H and O–H groups in total. The molecule has 0 saturated heterocycles. The zero-order valence-corrected chi connectivity index (χ0v) is 16.9. The van der Waals surface area contributed by atoms with E-state index in [0.717, 1.165) is 22.0 Å². The molecule has 0 heterocycles. The normalized spacial score (nSPS) is 11.7. The van der Waals surface area contributed by atoms with Crippen LogP contribution in [0.4, 0.5) is 11.4 Å². The standard InChI is InChI=1S/C23H26N4O2/c1-15(18-10-6-8-16-7-4-5-9-19(16)18)25-23(29)20-13-17(26-22(28)14-24)11-12-21(20)27(2)3/h4-13,15H,14,24H2,1-3H3,(H,25,29)(H,26,28)/t15-/m1/s1. The van der Waals surface area contributed by atoms with Crippen LogP contribution in [0.25, 0.3) is 10.8 Å². The van der Waals surface area contributed by atoms with Crippen LogP contribution in [-0.2, 0) is 4.79 Å². The van der Waals surface area contributed by atoms with E-state index in [0.29, 0.717) is 11.3 Å². The van der Waals surface area contributed by atoms with Crippen molar-refractivity contribution in [2.45, 2.75) is 13.0 Å². The summed E-state index contributed by atoms with van der Waals surface area (Å²) in [5, 5.41) is 8.03. The maximum Gasteiger partial charge on any atom is 0.253 e. The largest absolute Gasteiger partial charge is 0.377 e. The summed E-state index contributed by atoms with van der Waals surface area (Å²) in [6, 6.07) is 19.2. The van der Waals surface area contributed by atoms with E-state index < -0.39 is 0 Å². The topological polar surface area (TPSA) is 87.5 Å². The first-order valence-electron chi connectivity index (χ1n) is 9.50. The number of nitrogens with two attached hydrogens (primary N) is 1. The van der Waals surface area contributed by atoms with Crippen molar-refractivity contribution in [2.75, 3.05) is 30.9 Å². The molecule has 0 aromatic heterocycles. The van der Waals surface area contributed by atoms with Gasteiger partial charge in [-0.2, -0.15) is 0 Å². The molecule has 0 fully saturated rings. The van der Waals surface area contributed by atoms with Crippen LogP contribution in [0.1, 0.15) is 28.9 Å². The molecular formula is C23H26N4O2. The molecule has 3 aromatic rings. The van der Waals surface area contributed by atoms with E-state index in [1.165, 1.54) is 0 Å². The van der Waals surface area contributed by atoms with Gasteiger partial charge in [-0.1, -0.05) is 42.5 Å². The van der Waals surface area contributed by atoms with Gasteiger partial charge in [-0.15, -0.1) is 0 Å². The van der Waals surface area contributed by atoms with Crippen LogP contribution in [0, 0.1) is 0 Å². The van der Waals surface area contributed by atoms with Gasteiger partial charge in [0.25, 0.3) is 5.91 Å². The Bertz CT molecular complexity index is 1040. The molecule has 3 rings (SSSR count). The highest BCUT2D eigenvalue weighted by Crippen LogP contribution is 2.27. The Labute approximate surface area is 170 Å². The highest BCUT2D eigenvalue weighted by molar-refractivity contribution is 6.02. The van der Waals surface area contributed by atoms with Crippen LogP contribution < -0.4 is 21.3 Å². The van der Waals surface area contributed by atoms with Gasteiger partial charge in [-0.05, 0) is 41.5 Å². The van der Waals surface area contributed by atoms with Gasteiger partial charge in [0.2, 0.25) is 5.91 Å². The highest BCUT2D eigenvalue weighted by Gasteiger charge is 2.18. The summed E-state index contributed by atoms with van der Waals surface area (Å²) in [7, 11) is 3.75. The lowest BCUT2D eigenvalue weighted by Crippen LogP contribution is -2.29. The highest BCUT2D eigenvalue weighted by atomic mass is 16.2. The Kier molecular flexibility index (Phi) is 6.14. The molecule has 0 unspecified atom stereocenters. The Balaban J connectivity index is 1.90. The second kappa shape index (κ2) is 8.75. The molecular weight excluding hydrogens is 364 g/mol. The Morgan fingerprint density at radius 3 is 2.48 bits per heavy atom. The van der Waals surface area contributed by atoms with E-state index >= 15 is 0 Å². The lowest BCUT2D eigenvalue weighted by atomic mass is 9.99. The maximum absolute atomic E-state index is 13.1. The molecule has 0 aliphatic carbocycles. The van der Waals surface area contributed by atoms with Gasteiger partial charge >= 0.3 is 0 Å². The average Bonchev–Trinajstić information content (AvgIpc) is 2.72. The quantitative estimate of drug-likeness (QED) is 0.603. The number of rotatable bonds is 6. The van der Waals surface area contributed by atoms with Crippen molar-refractivity contribution in [1.29, 1.82) is 0 Å². The van der Waals surface area contributed by atoms with Crippen LogP contribution >= 0.6 is 0 Å². The molecule has 0 aliphatic heterocycles. The fourth-order valence-corrected chi connectivity index (χ4v) is 3.38. The molecule has 0 radical (unpaired) electrons. The van der Waals surface area contributed by atoms with Gasteiger partial charge in [-0.3, -0.25) is 9.59 Å². The van der Waals surface area contributed by atoms with Crippen molar-refractivity contribution < 1.29 is 9.59 Å². The summed E-state index contributed by atoms with van der Waals surface area (Å²) in [5.41, 5.74) is 8.21. The molecule has 6 heteroatoms. The number of hydrogen-bond acceptors (Lipinski definition) is 4. The predicted molar refractivity (Wildman–Crippen MR) is 118 cm³/mol. The Morgan fingerprint density at radius 2 is 1.76 bits per heavy atom. The fraction of sp³-hybridized carbons (Fsp3) is 0.217. The first-order chi connectivity index (χ1) is 13.9. The van der Waals surface area contributed by atoms with Gasteiger partial charge < -0.3 is 21.3 Å². The van der Waals surface area contributed by atoms with Crippen molar-refractivity contribution in [3.05, 3.63) is 71.8 Å². The van der Waals surface area contributed by atoms with Gasteiger partial charge in [-0.25, -0.2) is 0 Å². The summed E-state index contributed by atoms with van der Waals surface area (Å²) in [6.45, 7) is 1.85.